The quantitative estimate of drug-likeness (QED) is 0.541. The van der Waals surface area contributed by atoms with Gasteiger partial charge in [-0.1, -0.05) is 0 Å². The van der Waals surface area contributed by atoms with Crippen molar-refractivity contribution in [1.29, 1.82) is 0 Å². The molecule has 0 aliphatic carbocycles. The van der Waals surface area contributed by atoms with Gasteiger partial charge in [0.05, 0.1) is 19.1 Å². The van der Waals surface area contributed by atoms with Crippen LogP contribution in [0.4, 0.5) is 16.4 Å². The zero-order valence-corrected chi connectivity index (χ0v) is 11.7. The Bertz CT molecular complexity index is 512. The molecule has 0 aromatic carbocycles. The number of amides is 1. The predicted octanol–water partition coefficient (Wildman–Crippen LogP) is 0.424. The maximum Gasteiger partial charge on any atom is 0.407 e. The van der Waals surface area contributed by atoms with Crippen LogP contribution in [-0.2, 0) is 0 Å². The van der Waals surface area contributed by atoms with Gasteiger partial charge in [-0.3, -0.25) is 10.1 Å². The maximum atomic E-state index is 10.9. The van der Waals surface area contributed by atoms with Crippen molar-refractivity contribution in [2.45, 2.75) is 0 Å². The molecule has 11 heteroatoms. The van der Waals surface area contributed by atoms with Crippen LogP contribution in [-0.4, -0.2) is 65.3 Å². The summed E-state index contributed by atoms with van der Waals surface area (Å²) in [6.45, 7) is 0.396. The highest BCUT2D eigenvalue weighted by Crippen LogP contribution is 2.34. The standard InChI is InChI=1S/C10H15N5O6/c1-14(10(16)17)5-4-11-9-12-7(20-2)6(15(18)19)8(13-9)21-3/h4-5H2,1-3H3,(H,16,17)(H,11,12,13). The highest BCUT2D eigenvalue weighted by Gasteiger charge is 2.26. The van der Waals surface area contributed by atoms with Gasteiger partial charge in [0.2, 0.25) is 5.95 Å². The van der Waals surface area contributed by atoms with Crippen molar-refractivity contribution >= 4 is 17.7 Å². The number of nitro groups is 1. The fraction of sp³-hybridized carbons (Fsp3) is 0.500. The summed E-state index contributed by atoms with van der Waals surface area (Å²) in [7, 11) is 3.87. The van der Waals surface area contributed by atoms with E-state index in [1.165, 1.54) is 21.3 Å². The van der Waals surface area contributed by atoms with Crippen LogP contribution < -0.4 is 14.8 Å². The van der Waals surface area contributed by atoms with Gasteiger partial charge in [-0.2, -0.15) is 9.97 Å². The first kappa shape index (κ1) is 16.2. The molecule has 1 aromatic rings. The zero-order chi connectivity index (χ0) is 16.0. The first-order chi connectivity index (χ1) is 9.90. The Kier molecular flexibility index (Phi) is 5.46. The number of hydrogen-bond donors (Lipinski definition) is 2. The molecular formula is C10H15N5O6. The minimum absolute atomic E-state index is 0.0353. The lowest BCUT2D eigenvalue weighted by atomic mass is 10.5. The van der Waals surface area contributed by atoms with Crippen molar-refractivity contribution in [2.24, 2.45) is 0 Å². The zero-order valence-electron chi connectivity index (χ0n) is 11.7. The van der Waals surface area contributed by atoms with Crippen LogP contribution in [0.2, 0.25) is 0 Å². The van der Waals surface area contributed by atoms with E-state index in [1.807, 2.05) is 0 Å². The number of aromatic nitrogens is 2. The molecule has 0 bridgehead atoms. The molecule has 11 nitrogen and oxygen atoms in total. The fourth-order valence-corrected chi connectivity index (χ4v) is 1.37. The summed E-state index contributed by atoms with van der Waals surface area (Å²) in [6.07, 6.45) is -1.07. The Labute approximate surface area is 119 Å². The molecular weight excluding hydrogens is 286 g/mol. The van der Waals surface area contributed by atoms with Crippen molar-refractivity contribution in [2.75, 3.05) is 39.7 Å². The molecule has 2 N–H and O–H groups in total. The van der Waals surface area contributed by atoms with Crippen molar-refractivity contribution < 1.29 is 24.3 Å². The average Bonchev–Trinajstić information content (AvgIpc) is 2.45. The van der Waals surface area contributed by atoms with Crippen LogP contribution in [0.1, 0.15) is 0 Å². The first-order valence-electron chi connectivity index (χ1n) is 5.73. The largest absolute Gasteiger partial charge is 0.476 e. The van der Waals surface area contributed by atoms with Gasteiger partial charge in [0.15, 0.2) is 0 Å². The number of carboxylic acid groups (broad SMARTS) is 1. The molecule has 0 radical (unpaired) electrons. The van der Waals surface area contributed by atoms with Gasteiger partial charge >= 0.3 is 23.5 Å². The Hall–Kier alpha value is -2.85. The van der Waals surface area contributed by atoms with E-state index < -0.39 is 16.7 Å². The van der Waals surface area contributed by atoms with Crippen LogP contribution in [0.3, 0.4) is 0 Å². The summed E-state index contributed by atoms with van der Waals surface area (Å²) >= 11 is 0. The van der Waals surface area contributed by atoms with E-state index in [0.29, 0.717) is 0 Å². The molecule has 0 saturated heterocycles. The summed E-state index contributed by atoms with van der Waals surface area (Å²) in [5.41, 5.74) is -0.479. The molecule has 0 atom stereocenters. The van der Waals surface area contributed by atoms with E-state index in [0.717, 1.165) is 4.90 Å². The van der Waals surface area contributed by atoms with Crippen LogP contribution in [0.25, 0.3) is 0 Å². The lowest BCUT2D eigenvalue weighted by Gasteiger charge is -2.13. The number of carbonyl (C=O) groups is 1. The third-order valence-corrected chi connectivity index (χ3v) is 2.45. The minimum atomic E-state index is -1.07. The third kappa shape index (κ3) is 4.06. The molecule has 116 valence electrons. The van der Waals surface area contributed by atoms with Crippen molar-refractivity contribution in [1.82, 2.24) is 14.9 Å². The molecule has 1 aromatic heterocycles. The van der Waals surface area contributed by atoms with Crippen LogP contribution in [0, 0.1) is 10.1 Å². The van der Waals surface area contributed by atoms with Gasteiger partial charge < -0.3 is 24.8 Å². The summed E-state index contributed by atoms with van der Waals surface area (Å²) in [4.78, 5) is 29.6. The molecule has 0 spiro atoms. The van der Waals surface area contributed by atoms with Crippen LogP contribution in [0.15, 0.2) is 0 Å². The topological polar surface area (TPSA) is 140 Å². The highest BCUT2D eigenvalue weighted by atomic mass is 16.6. The Morgan fingerprint density at radius 1 is 1.38 bits per heavy atom. The number of anilines is 1. The summed E-state index contributed by atoms with van der Waals surface area (Å²) in [5.74, 6) is -0.463. The number of hydrogen-bond acceptors (Lipinski definition) is 8. The van der Waals surface area contributed by atoms with Crippen molar-refractivity contribution in [3.63, 3.8) is 0 Å². The first-order valence-corrected chi connectivity index (χ1v) is 5.73. The lowest BCUT2D eigenvalue weighted by Crippen LogP contribution is -2.30. The van der Waals surface area contributed by atoms with Gasteiger partial charge in [0, 0.05) is 20.1 Å². The second kappa shape index (κ2) is 7.07. The van der Waals surface area contributed by atoms with Crippen LogP contribution >= 0.6 is 0 Å². The van der Waals surface area contributed by atoms with Gasteiger partial charge in [0.1, 0.15) is 0 Å². The van der Waals surface area contributed by atoms with Crippen molar-refractivity contribution in [3.8, 4) is 11.8 Å². The molecule has 0 unspecified atom stereocenters. The number of likely N-dealkylation sites (N-methyl/N-ethyl adjacent to an activating group) is 1. The Morgan fingerprint density at radius 2 is 1.90 bits per heavy atom. The second-order valence-electron chi connectivity index (χ2n) is 3.80. The summed E-state index contributed by atoms with van der Waals surface area (Å²) in [5, 5.41) is 22.4. The van der Waals surface area contributed by atoms with E-state index >= 15 is 0 Å². The number of nitrogens with one attached hydrogen (secondary N) is 1. The van der Waals surface area contributed by atoms with Gasteiger partial charge in [0.25, 0.3) is 0 Å². The number of rotatable bonds is 7. The second-order valence-corrected chi connectivity index (χ2v) is 3.80. The van der Waals surface area contributed by atoms with E-state index in [-0.39, 0.29) is 30.8 Å². The minimum Gasteiger partial charge on any atom is -0.476 e. The molecule has 0 saturated carbocycles. The fourth-order valence-electron chi connectivity index (χ4n) is 1.37. The Morgan fingerprint density at radius 3 is 2.29 bits per heavy atom. The SMILES string of the molecule is COc1nc(NCCN(C)C(=O)O)nc(OC)c1[N+](=O)[O-]. The molecule has 1 amide bonds. The smallest absolute Gasteiger partial charge is 0.407 e. The van der Waals surface area contributed by atoms with Gasteiger partial charge in [-0.25, -0.2) is 4.79 Å². The van der Waals surface area contributed by atoms with E-state index in [1.54, 1.807) is 0 Å². The van der Waals surface area contributed by atoms with Crippen molar-refractivity contribution in [3.05, 3.63) is 10.1 Å². The van der Waals surface area contributed by atoms with E-state index in [2.05, 4.69) is 15.3 Å². The normalized spacial score (nSPS) is 9.86. The summed E-state index contributed by atoms with van der Waals surface area (Å²) in [6, 6.07) is 0. The molecule has 1 heterocycles. The monoisotopic (exact) mass is 301 g/mol. The van der Waals surface area contributed by atoms with Crippen LogP contribution in [0.5, 0.6) is 11.8 Å². The number of nitrogens with zero attached hydrogens (tertiary/aromatic N) is 4. The lowest BCUT2D eigenvalue weighted by molar-refractivity contribution is -0.387. The average molecular weight is 301 g/mol. The highest BCUT2D eigenvalue weighted by molar-refractivity contribution is 5.64. The molecule has 0 aliphatic rings. The Balaban J connectivity index is 2.89. The third-order valence-electron chi connectivity index (χ3n) is 2.45. The predicted molar refractivity (Wildman–Crippen MR) is 70.9 cm³/mol. The number of methoxy groups -OCH3 is 2. The number of ether oxygens (including phenoxy) is 2. The van der Waals surface area contributed by atoms with Gasteiger partial charge in [-0.05, 0) is 0 Å². The maximum absolute atomic E-state index is 10.9. The molecule has 21 heavy (non-hydrogen) atoms. The van der Waals surface area contributed by atoms with E-state index in [4.69, 9.17) is 14.6 Å². The molecule has 1 rings (SSSR count). The van der Waals surface area contributed by atoms with E-state index in [9.17, 15) is 14.9 Å². The summed E-state index contributed by atoms with van der Waals surface area (Å²) < 4.78 is 9.68. The van der Waals surface area contributed by atoms with Gasteiger partial charge in [-0.15, -0.1) is 0 Å². The molecule has 0 aliphatic heterocycles. The molecule has 0 fully saturated rings.